The number of nitrogens with one attached hydrogen (secondary N) is 1. The summed E-state index contributed by atoms with van der Waals surface area (Å²) in [7, 11) is 0. The fraction of sp³-hybridized carbons (Fsp3) is 0.222. The molecule has 0 aliphatic carbocycles. The van der Waals surface area contributed by atoms with Crippen molar-refractivity contribution in [2.75, 3.05) is 0 Å². The summed E-state index contributed by atoms with van der Waals surface area (Å²) in [5, 5.41) is 11.7. The molecular weight excluding hydrogens is 316 g/mol. The van der Waals surface area contributed by atoms with Crippen molar-refractivity contribution >= 4 is 11.9 Å². The van der Waals surface area contributed by atoms with Gasteiger partial charge in [-0.15, -0.1) is 0 Å². The molecule has 2 aromatic rings. The van der Waals surface area contributed by atoms with Crippen LogP contribution in [0, 0.1) is 18.6 Å². The Kier molecular flexibility index (Phi) is 5.63. The van der Waals surface area contributed by atoms with Gasteiger partial charge in [-0.25, -0.2) is 13.6 Å². The second-order valence-electron chi connectivity index (χ2n) is 5.50. The molecule has 0 fully saturated rings. The maximum atomic E-state index is 13.6. The zero-order valence-corrected chi connectivity index (χ0v) is 13.1. The van der Waals surface area contributed by atoms with E-state index < -0.39 is 29.6 Å². The van der Waals surface area contributed by atoms with Gasteiger partial charge in [0.2, 0.25) is 5.91 Å². The SMILES string of the molecule is Cc1ccccc1C[C@@H](NC(=O)Cc1ccc(F)cc1F)C(=O)O. The van der Waals surface area contributed by atoms with Gasteiger partial charge in [-0.05, 0) is 29.7 Å². The Bertz CT molecular complexity index is 762. The number of amides is 1. The van der Waals surface area contributed by atoms with Crippen molar-refractivity contribution in [1.29, 1.82) is 0 Å². The van der Waals surface area contributed by atoms with E-state index in [-0.39, 0.29) is 18.4 Å². The molecule has 0 aliphatic rings. The van der Waals surface area contributed by atoms with Crippen LogP contribution in [0.1, 0.15) is 16.7 Å². The Morgan fingerprint density at radius 2 is 1.83 bits per heavy atom. The zero-order valence-electron chi connectivity index (χ0n) is 13.1. The van der Waals surface area contributed by atoms with E-state index in [0.29, 0.717) is 6.07 Å². The number of carbonyl (C=O) groups is 2. The molecule has 0 radical (unpaired) electrons. The fourth-order valence-electron chi connectivity index (χ4n) is 2.34. The topological polar surface area (TPSA) is 66.4 Å². The second kappa shape index (κ2) is 7.68. The number of carboxylic acid groups (broad SMARTS) is 1. The Morgan fingerprint density at radius 3 is 2.46 bits per heavy atom. The maximum Gasteiger partial charge on any atom is 0.326 e. The Morgan fingerprint density at radius 1 is 1.12 bits per heavy atom. The van der Waals surface area contributed by atoms with Crippen LogP contribution in [0.2, 0.25) is 0 Å². The lowest BCUT2D eigenvalue weighted by Gasteiger charge is -2.16. The van der Waals surface area contributed by atoms with Gasteiger partial charge in [0.15, 0.2) is 0 Å². The van der Waals surface area contributed by atoms with Gasteiger partial charge in [0.1, 0.15) is 17.7 Å². The van der Waals surface area contributed by atoms with Crippen molar-refractivity contribution in [3.05, 3.63) is 70.8 Å². The van der Waals surface area contributed by atoms with E-state index >= 15 is 0 Å². The highest BCUT2D eigenvalue weighted by Crippen LogP contribution is 2.12. The van der Waals surface area contributed by atoms with Gasteiger partial charge >= 0.3 is 5.97 Å². The van der Waals surface area contributed by atoms with Crippen LogP contribution in [0.4, 0.5) is 8.78 Å². The molecule has 0 saturated carbocycles. The standard InChI is InChI=1S/C18H17F2NO3/c1-11-4-2-3-5-12(11)8-16(18(23)24)21-17(22)9-13-6-7-14(19)10-15(13)20/h2-7,10,16H,8-9H2,1H3,(H,21,22)(H,23,24)/t16-/m1/s1. The monoisotopic (exact) mass is 333 g/mol. The molecule has 0 aromatic heterocycles. The average molecular weight is 333 g/mol. The van der Waals surface area contributed by atoms with Crippen LogP contribution >= 0.6 is 0 Å². The molecule has 0 unspecified atom stereocenters. The van der Waals surface area contributed by atoms with Crippen LogP contribution in [-0.2, 0) is 22.4 Å². The smallest absolute Gasteiger partial charge is 0.326 e. The summed E-state index contributed by atoms with van der Waals surface area (Å²) >= 11 is 0. The third-order valence-corrected chi connectivity index (χ3v) is 3.68. The zero-order chi connectivity index (χ0) is 17.7. The number of carbonyl (C=O) groups excluding carboxylic acids is 1. The van der Waals surface area contributed by atoms with E-state index in [4.69, 9.17) is 0 Å². The summed E-state index contributed by atoms with van der Waals surface area (Å²) < 4.78 is 26.4. The van der Waals surface area contributed by atoms with Gasteiger partial charge in [0, 0.05) is 12.5 Å². The third-order valence-electron chi connectivity index (χ3n) is 3.68. The van der Waals surface area contributed by atoms with E-state index in [9.17, 15) is 23.5 Å². The van der Waals surface area contributed by atoms with Crippen LogP contribution in [0.3, 0.4) is 0 Å². The summed E-state index contributed by atoms with van der Waals surface area (Å²) in [5.74, 6) is -3.39. The number of carboxylic acids is 1. The first-order valence-corrected chi connectivity index (χ1v) is 7.37. The molecular formula is C18H17F2NO3. The first-order chi connectivity index (χ1) is 11.4. The van der Waals surface area contributed by atoms with Gasteiger partial charge in [0.25, 0.3) is 0 Å². The predicted molar refractivity (Wildman–Crippen MR) is 84.5 cm³/mol. The Labute approximate surface area is 138 Å². The van der Waals surface area contributed by atoms with Crippen molar-refractivity contribution in [2.24, 2.45) is 0 Å². The number of hydrogen-bond acceptors (Lipinski definition) is 2. The first-order valence-electron chi connectivity index (χ1n) is 7.37. The van der Waals surface area contributed by atoms with E-state index in [2.05, 4.69) is 5.32 Å². The van der Waals surface area contributed by atoms with Crippen molar-refractivity contribution < 1.29 is 23.5 Å². The van der Waals surface area contributed by atoms with Crippen molar-refractivity contribution in [1.82, 2.24) is 5.32 Å². The minimum Gasteiger partial charge on any atom is -0.480 e. The minimum absolute atomic E-state index is 0.00827. The van der Waals surface area contributed by atoms with E-state index in [0.717, 1.165) is 17.2 Å². The average Bonchev–Trinajstić information content (AvgIpc) is 2.51. The highest BCUT2D eigenvalue weighted by atomic mass is 19.1. The summed E-state index contributed by atoms with van der Waals surface area (Å²) in [5.41, 5.74) is 1.73. The van der Waals surface area contributed by atoms with E-state index in [1.54, 1.807) is 12.1 Å². The minimum atomic E-state index is -1.17. The molecule has 0 heterocycles. The summed E-state index contributed by atoms with van der Waals surface area (Å²) in [6.45, 7) is 1.85. The van der Waals surface area contributed by atoms with Crippen molar-refractivity contribution in [3.8, 4) is 0 Å². The largest absolute Gasteiger partial charge is 0.480 e. The van der Waals surface area contributed by atoms with Crippen LogP contribution in [0.15, 0.2) is 42.5 Å². The molecule has 2 N–H and O–H groups in total. The number of aryl methyl sites for hydroxylation is 1. The van der Waals surface area contributed by atoms with Crippen molar-refractivity contribution in [2.45, 2.75) is 25.8 Å². The molecule has 6 heteroatoms. The molecule has 0 spiro atoms. The molecule has 126 valence electrons. The van der Waals surface area contributed by atoms with Crippen LogP contribution in [-0.4, -0.2) is 23.0 Å². The second-order valence-corrected chi connectivity index (χ2v) is 5.50. The summed E-state index contributed by atoms with van der Waals surface area (Å²) in [4.78, 5) is 23.4. The van der Waals surface area contributed by atoms with Gasteiger partial charge in [-0.3, -0.25) is 4.79 Å². The highest BCUT2D eigenvalue weighted by Gasteiger charge is 2.21. The molecule has 0 aliphatic heterocycles. The molecule has 0 bridgehead atoms. The lowest BCUT2D eigenvalue weighted by Crippen LogP contribution is -2.43. The third kappa shape index (κ3) is 4.62. The number of rotatable bonds is 6. The molecule has 1 amide bonds. The molecule has 1 atom stereocenters. The van der Waals surface area contributed by atoms with Crippen LogP contribution in [0.25, 0.3) is 0 Å². The summed E-state index contributed by atoms with van der Waals surface area (Å²) in [6, 6.07) is 9.05. The van der Waals surface area contributed by atoms with Crippen molar-refractivity contribution in [3.63, 3.8) is 0 Å². The normalized spacial score (nSPS) is 11.8. The predicted octanol–water partition coefficient (Wildman–Crippen LogP) is 2.63. The number of halogens is 2. The highest BCUT2D eigenvalue weighted by molar-refractivity contribution is 5.85. The first kappa shape index (κ1) is 17.6. The summed E-state index contributed by atoms with van der Waals surface area (Å²) in [6.07, 6.45) is -0.233. The molecule has 2 rings (SSSR count). The van der Waals surface area contributed by atoms with Gasteiger partial charge in [-0.1, -0.05) is 30.3 Å². The van der Waals surface area contributed by atoms with Crippen LogP contribution < -0.4 is 5.32 Å². The quantitative estimate of drug-likeness (QED) is 0.854. The number of aliphatic carboxylic acids is 1. The number of benzene rings is 2. The molecule has 24 heavy (non-hydrogen) atoms. The van der Waals surface area contributed by atoms with Crippen LogP contribution in [0.5, 0.6) is 0 Å². The van der Waals surface area contributed by atoms with Gasteiger partial charge in [0.05, 0.1) is 6.42 Å². The van der Waals surface area contributed by atoms with Gasteiger partial charge in [-0.2, -0.15) is 0 Å². The molecule has 0 saturated heterocycles. The Hall–Kier alpha value is -2.76. The van der Waals surface area contributed by atoms with E-state index in [1.165, 1.54) is 6.07 Å². The van der Waals surface area contributed by atoms with Gasteiger partial charge < -0.3 is 10.4 Å². The van der Waals surface area contributed by atoms with E-state index in [1.807, 2.05) is 19.1 Å². The lowest BCUT2D eigenvalue weighted by molar-refractivity contribution is -0.141. The molecule has 4 nitrogen and oxygen atoms in total. The lowest BCUT2D eigenvalue weighted by atomic mass is 10.0. The number of hydrogen-bond donors (Lipinski definition) is 2. The maximum absolute atomic E-state index is 13.6. The fourth-order valence-corrected chi connectivity index (χ4v) is 2.34. The Balaban J connectivity index is 2.06. The molecule has 2 aromatic carbocycles.